The average Bonchev–Trinajstić information content (AvgIpc) is 3.05. The molecule has 5 heteroatoms. The number of hydrogen-bond donors (Lipinski definition) is 1. The zero-order chi connectivity index (χ0) is 14.3. The van der Waals surface area contributed by atoms with Crippen molar-refractivity contribution in [2.24, 2.45) is 17.6 Å². The maximum absolute atomic E-state index is 13.8. The number of carbonyl (C=O) groups is 1. The summed E-state index contributed by atoms with van der Waals surface area (Å²) in [6.45, 7) is 2.13. The first kappa shape index (κ1) is 13.8. The second-order valence-corrected chi connectivity index (χ2v) is 6.17. The third-order valence-corrected chi connectivity index (χ3v) is 4.74. The van der Waals surface area contributed by atoms with Gasteiger partial charge in [0.25, 0.3) is 0 Å². The lowest BCUT2D eigenvalue weighted by molar-refractivity contribution is -0.131. The lowest BCUT2D eigenvalue weighted by Gasteiger charge is -2.16. The van der Waals surface area contributed by atoms with Crippen molar-refractivity contribution >= 4 is 17.5 Å². The Morgan fingerprint density at radius 3 is 2.95 bits per heavy atom. The summed E-state index contributed by atoms with van der Waals surface area (Å²) >= 11 is 6.06. The monoisotopic (exact) mass is 296 g/mol. The molecule has 1 aromatic rings. The quantitative estimate of drug-likeness (QED) is 0.931. The van der Waals surface area contributed by atoms with Gasteiger partial charge in [-0.05, 0) is 37.4 Å². The standard InChI is InChI=1S/C15H18ClFN2O/c16-12-2-1-3-13(17)14(12)10-6-11(10)15(20)19-5-4-9(7-18)8-19/h1-3,9-11H,4-8,18H2/t9-,10+,11+/m0/s1. The van der Waals surface area contributed by atoms with Crippen molar-refractivity contribution in [1.29, 1.82) is 0 Å². The van der Waals surface area contributed by atoms with Crippen molar-refractivity contribution in [1.82, 2.24) is 4.90 Å². The van der Waals surface area contributed by atoms with E-state index < -0.39 is 0 Å². The minimum absolute atomic E-state index is 0.0619. The van der Waals surface area contributed by atoms with E-state index in [0.717, 1.165) is 19.5 Å². The number of hydrogen-bond acceptors (Lipinski definition) is 2. The molecule has 3 atom stereocenters. The van der Waals surface area contributed by atoms with Gasteiger partial charge in [-0.25, -0.2) is 4.39 Å². The number of nitrogens with zero attached hydrogens (tertiary/aromatic N) is 1. The summed E-state index contributed by atoms with van der Waals surface area (Å²) in [5.41, 5.74) is 6.14. The summed E-state index contributed by atoms with van der Waals surface area (Å²) < 4.78 is 13.8. The third-order valence-electron chi connectivity index (χ3n) is 4.41. The van der Waals surface area contributed by atoms with Crippen LogP contribution in [0.5, 0.6) is 0 Å². The summed E-state index contributed by atoms with van der Waals surface area (Å²) in [5, 5.41) is 0.423. The zero-order valence-electron chi connectivity index (χ0n) is 11.2. The van der Waals surface area contributed by atoms with Crippen molar-refractivity contribution in [3.8, 4) is 0 Å². The number of amides is 1. The molecule has 2 N–H and O–H groups in total. The molecule has 2 fully saturated rings. The Morgan fingerprint density at radius 1 is 1.50 bits per heavy atom. The fraction of sp³-hybridized carbons (Fsp3) is 0.533. The Balaban J connectivity index is 1.69. The summed E-state index contributed by atoms with van der Waals surface area (Å²) in [7, 11) is 0. The molecule has 2 aliphatic rings. The fourth-order valence-corrected chi connectivity index (χ4v) is 3.41. The Hall–Kier alpha value is -1.13. The van der Waals surface area contributed by atoms with Gasteiger partial charge in [-0.15, -0.1) is 0 Å². The van der Waals surface area contributed by atoms with Crippen molar-refractivity contribution in [2.45, 2.75) is 18.8 Å². The van der Waals surface area contributed by atoms with Gasteiger partial charge in [0.05, 0.1) is 0 Å². The van der Waals surface area contributed by atoms with Gasteiger partial charge in [0.1, 0.15) is 5.82 Å². The van der Waals surface area contributed by atoms with Gasteiger partial charge >= 0.3 is 0 Å². The number of likely N-dealkylation sites (tertiary alicyclic amines) is 1. The molecule has 1 aliphatic carbocycles. The highest BCUT2D eigenvalue weighted by molar-refractivity contribution is 6.31. The van der Waals surface area contributed by atoms with Gasteiger partial charge in [0, 0.05) is 35.5 Å². The molecule has 0 bridgehead atoms. The smallest absolute Gasteiger partial charge is 0.226 e. The molecule has 20 heavy (non-hydrogen) atoms. The Kier molecular flexibility index (Phi) is 3.69. The minimum Gasteiger partial charge on any atom is -0.342 e. The number of rotatable bonds is 3. The molecule has 1 saturated carbocycles. The summed E-state index contributed by atoms with van der Waals surface area (Å²) in [6, 6.07) is 4.67. The lowest BCUT2D eigenvalue weighted by atomic mass is 10.1. The van der Waals surface area contributed by atoms with Gasteiger partial charge in [0.2, 0.25) is 5.91 Å². The van der Waals surface area contributed by atoms with Crippen molar-refractivity contribution in [2.75, 3.05) is 19.6 Å². The Bertz CT molecular complexity index is 516. The predicted octanol–water partition coefficient (Wildman–Crippen LogP) is 2.39. The topological polar surface area (TPSA) is 46.3 Å². The van der Waals surface area contributed by atoms with Crippen LogP contribution in [0.4, 0.5) is 4.39 Å². The van der Waals surface area contributed by atoms with Gasteiger partial charge in [-0.1, -0.05) is 17.7 Å². The van der Waals surface area contributed by atoms with Crippen LogP contribution in [0.15, 0.2) is 18.2 Å². The van der Waals surface area contributed by atoms with Crippen LogP contribution in [0.25, 0.3) is 0 Å². The molecule has 108 valence electrons. The molecule has 1 heterocycles. The third kappa shape index (κ3) is 2.42. The van der Waals surface area contributed by atoms with Crippen LogP contribution in [0.3, 0.4) is 0 Å². The van der Waals surface area contributed by atoms with E-state index in [4.69, 9.17) is 17.3 Å². The molecule has 3 rings (SSSR count). The molecule has 0 spiro atoms. The fourth-order valence-electron chi connectivity index (χ4n) is 3.11. The Morgan fingerprint density at radius 2 is 2.30 bits per heavy atom. The largest absolute Gasteiger partial charge is 0.342 e. The number of nitrogens with two attached hydrogens (primary N) is 1. The van der Waals surface area contributed by atoms with Gasteiger partial charge in [0.15, 0.2) is 0 Å². The van der Waals surface area contributed by atoms with E-state index in [0.29, 0.717) is 29.5 Å². The van der Waals surface area contributed by atoms with Crippen molar-refractivity contribution in [3.05, 3.63) is 34.6 Å². The van der Waals surface area contributed by atoms with E-state index in [1.54, 1.807) is 12.1 Å². The van der Waals surface area contributed by atoms with Crippen molar-refractivity contribution < 1.29 is 9.18 Å². The number of halogens is 2. The molecule has 1 aromatic carbocycles. The highest BCUT2D eigenvalue weighted by Crippen LogP contribution is 2.51. The predicted molar refractivity (Wildman–Crippen MR) is 76.0 cm³/mol. The normalized spacial score (nSPS) is 28.8. The zero-order valence-corrected chi connectivity index (χ0v) is 11.9. The van der Waals surface area contributed by atoms with Crippen LogP contribution in [-0.4, -0.2) is 30.4 Å². The van der Waals surface area contributed by atoms with Crippen LogP contribution in [-0.2, 0) is 4.79 Å². The van der Waals surface area contributed by atoms with E-state index in [-0.39, 0.29) is 23.6 Å². The Labute approximate surface area is 122 Å². The highest BCUT2D eigenvalue weighted by atomic mass is 35.5. The first-order valence-corrected chi connectivity index (χ1v) is 7.42. The second-order valence-electron chi connectivity index (χ2n) is 5.76. The van der Waals surface area contributed by atoms with Crippen LogP contribution in [0.2, 0.25) is 5.02 Å². The van der Waals surface area contributed by atoms with Crippen LogP contribution >= 0.6 is 11.6 Å². The molecular formula is C15H18ClFN2O. The molecule has 0 unspecified atom stereocenters. The van der Waals surface area contributed by atoms with E-state index in [9.17, 15) is 9.18 Å². The van der Waals surface area contributed by atoms with E-state index in [2.05, 4.69) is 0 Å². The number of carbonyl (C=O) groups excluding carboxylic acids is 1. The van der Waals surface area contributed by atoms with Crippen LogP contribution < -0.4 is 5.73 Å². The second kappa shape index (κ2) is 5.34. The first-order chi connectivity index (χ1) is 9.61. The number of benzene rings is 1. The minimum atomic E-state index is -0.306. The lowest BCUT2D eigenvalue weighted by Crippen LogP contribution is -2.31. The average molecular weight is 297 g/mol. The van der Waals surface area contributed by atoms with Crippen molar-refractivity contribution in [3.63, 3.8) is 0 Å². The maximum Gasteiger partial charge on any atom is 0.226 e. The summed E-state index contributed by atoms with van der Waals surface area (Å²) in [5.74, 6) is 0.0616. The first-order valence-electron chi connectivity index (χ1n) is 7.04. The molecule has 3 nitrogen and oxygen atoms in total. The van der Waals surface area contributed by atoms with E-state index >= 15 is 0 Å². The van der Waals surface area contributed by atoms with Gasteiger partial charge < -0.3 is 10.6 Å². The molecule has 1 aliphatic heterocycles. The van der Waals surface area contributed by atoms with E-state index in [1.165, 1.54) is 6.07 Å². The molecule has 0 aromatic heterocycles. The molecular weight excluding hydrogens is 279 g/mol. The SMILES string of the molecule is NC[C@@H]1CCN(C(=O)[C@@H]2C[C@H]2c2c(F)cccc2Cl)C1. The molecule has 1 saturated heterocycles. The maximum atomic E-state index is 13.8. The van der Waals surface area contributed by atoms with Crippen LogP contribution in [0, 0.1) is 17.7 Å². The van der Waals surface area contributed by atoms with Gasteiger partial charge in [-0.3, -0.25) is 4.79 Å². The van der Waals surface area contributed by atoms with Crippen LogP contribution in [0.1, 0.15) is 24.3 Å². The highest BCUT2D eigenvalue weighted by Gasteiger charge is 2.48. The van der Waals surface area contributed by atoms with Gasteiger partial charge in [-0.2, -0.15) is 0 Å². The molecule has 0 radical (unpaired) electrons. The summed E-state index contributed by atoms with van der Waals surface area (Å²) in [6.07, 6.45) is 1.67. The molecule has 1 amide bonds. The summed E-state index contributed by atoms with van der Waals surface area (Å²) in [4.78, 5) is 14.3. The van der Waals surface area contributed by atoms with E-state index in [1.807, 2.05) is 4.90 Å².